The van der Waals surface area contributed by atoms with Gasteiger partial charge in [-0.2, -0.15) is 0 Å². The first kappa shape index (κ1) is 15.9. The Hall–Kier alpha value is -3.64. The van der Waals surface area contributed by atoms with E-state index in [9.17, 15) is 9.59 Å². The Balaban J connectivity index is 1.62. The molecule has 0 N–H and O–H groups in total. The molecule has 4 rings (SSSR count). The Morgan fingerprint density at radius 3 is 2.19 bits per heavy atom. The summed E-state index contributed by atoms with van der Waals surface area (Å²) in [4.78, 5) is 25.4. The van der Waals surface area contributed by atoms with Crippen molar-refractivity contribution in [2.45, 2.75) is 6.61 Å². The lowest BCUT2D eigenvalue weighted by atomic mass is 9.83. The molecule has 3 aromatic carbocycles. The van der Waals surface area contributed by atoms with Gasteiger partial charge in [0.1, 0.15) is 12.4 Å². The highest BCUT2D eigenvalue weighted by molar-refractivity contribution is 6.28. The van der Waals surface area contributed by atoms with Crippen LogP contribution in [0.3, 0.4) is 0 Å². The molecule has 0 amide bonds. The second-order valence-electron chi connectivity index (χ2n) is 6.04. The number of carbonyl (C=O) groups excluding carboxylic acids is 2. The van der Waals surface area contributed by atoms with Gasteiger partial charge in [0.15, 0.2) is 11.6 Å². The molecule has 0 atom stereocenters. The van der Waals surface area contributed by atoms with E-state index in [1.807, 2.05) is 24.3 Å². The minimum atomic E-state index is -0.133. The number of terminal acetylenes is 1. The lowest BCUT2D eigenvalue weighted by Gasteiger charge is -2.18. The summed E-state index contributed by atoms with van der Waals surface area (Å²) >= 11 is 0. The molecular formula is C23H14O3. The third-order valence-electron chi connectivity index (χ3n) is 4.40. The van der Waals surface area contributed by atoms with E-state index in [4.69, 9.17) is 11.2 Å². The average molecular weight is 338 g/mol. The largest absolute Gasteiger partial charge is 0.489 e. The second-order valence-corrected chi connectivity index (χ2v) is 6.04. The van der Waals surface area contributed by atoms with Crippen LogP contribution in [-0.4, -0.2) is 11.6 Å². The van der Waals surface area contributed by atoms with E-state index in [1.165, 1.54) is 0 Å². The van der Waals surface area contributed by atoms with Gasteiger partial charge in [-0.15, -0.1) is 6.42 Å². The van der Waals surface area contributed by atoms with Gasteiger partial charge >= 0.3 is 0 Å². The van der Waals surface area contributed by atoms with Gasteiger partial charge in [0.25, 0.3) is 0 Å². The van der Waals surface area contributed by atoms with Crippen LogP contribution in [0.5, 0.6) is 5.75 Å². The molecular weight excluding hydrogens is 324 g/mol. The molecule has 3 aromatic rings. The van der Waals surface area contributed by atoms with Crippen LogP contribution in [0.15, 0.2) is 66.7 Å². The molecule has 0 bridgehead atoms. The Kier molecular flexibility index (Phi) is 3.87. The quantitative estimate of drug-likeness (QED) is 0.530. The summed E-state index contributed by atoms with van der Waals surface area (Å²) < 4.78 is 5.77. The zero-order valence-corrected chi connectivity index (χ0v) is 13.9. The molecule has 0 saturated heterocycles. The smallest absolute Gasteiger partial charge is 0.194 e. The van der Waals surface area contributed by atoms with Crippen LogP contribution in [0.25, 0.3) is 0 Å². The highest BCUT2D eigenvalue weighted by atomic mass is 16.5. The number of ether oxygens (including phenoxy) is 1. The number of benzene rings is 3. The molecule has 0 aromatic heterocycles. The second kappa shape index (κ2) is 6.34. The van der Waals surface area contributed by atoms with Crippen LogP contribution in [-0.2, 0) is 6.61 Å². The van der Waals surface area contributed by atoms with Crippen molar-refractivity contribution in [3.8, 4) is 18.1 Å². The molecule has 0 heterocycles. The first-order chi connectivity index (χ1) is 12.7. The molecule has 0 radical (unpaired) electrons. The van der Waals surface area contributed by atoms with Crippen LogP contribution < -0.4 is 4.74 Å². The number of carbonyl (C=O) groups is 2. The van der Waals surface area contributed by atoms with Crippen molar-refractivity contribution in [3.05, 3.63) is 100 Å². The molecule has 3 nitrogen and oxygen atoms in total. The minimum Gasteiger partial charge on any atom is -0.489 e. The normalized spacial score (nSPS) is 12.1. The third kappa shape index (κ3) is 2.68. The Morgan fingerprint density at radius 2 is 1.46 bits per heavy atom. The highest BCUT2D eigenvalue weighted by Gasteiger charge is 2.29. The van der Waals surface area contributed by atoms with Gasteiger partial charge in [-0.05, 0) is 35.9 Å². The molecule has 26 heavy (non-hydrogen) atoms. The maximum absolute atomic E-state index is 12.7. The fourth-order valence-corrected chi connectivity index (χ4v) is 3.08. The van der Waals surface area contributed by atoms with Crippen molar-refractivity contribution in [2.24, 2.45) is 0 Å². The summed E-state index contributed by atoms with van der Waals surface area (Å²) in [6.07, 6.45) is 5.39. The lowest BCUT2D eigenvalue weighted by molar-refractivity contribution is 0.0979. The van der Waals surface area contributed by atoms with Crippen molar-refractivity contribution >= 4 is 11.6 Å². The van der Waals surface area contributed by atoms with E-state index in [0.717, 1.165) is 11.1 Å². The summed E-state index contributed by atoms with van der Waals surface area (Å²) in [6.45, 7) is 0.282. The molecule has 3 heteroatoms. The first-order valence-electron chi connectivity index (χ1n) is 8.18. The summed E-state index contributed by atoms with van der Waals surface area (Å²) in [7, 11) is 0. The Morgan fingerprint density at radius 1 is 0.769 bits per heavy atom. The van der Waals surface area contributed by atoms with Crippen LogP contribution in [0.1, 0.15) is 43.0 Å². The van der Waals surface area contributed by atoms with Crippen LogP contribution in [0.4, 0.5) is 0 Å². The maximum Gasteiger partial charge on any atom is 0.194 e. The number of hydrogen-bond acceptors (Lipinski definition) is 3. The van der Waals surface area contributed by atoms with Gasteiger partial charge in [-0.25, -0.2) is 0 Å². The van der Waals surface area contributed by atoms with Crippen LogP contribution in [0.2, 0.25) is 0 Å². The molecule has 0 fully saturated rings. The van der Waals surface area contributed by atoms with Crippen molar-refractivity contribution in [1.29, 1.82) is 0 Å². The first-order valence-corrected chi connectivity index (χ1v) is 8.18. The van der Waals surface area contributed by atoms with Crippen molar-refractivity contribution in [2.75, 3.05) is 0 Å². The fraction of sp³-hybridized carbons (Fsp3) is 0.0435. The van der Waals surface area contributed by atoms with Gasteiger partial charge in [-0.1, -0.05) is 42.3 Å². The molecule has 124 valence electrons. The Labute approximate surface area is 151 Å². The van der Waals surface area contributed by atoms with Gasteiger partial charge in [0, 0.05) is 27.8 Å². The number of rotatable bonds is 3. The summed E-state index contributed by atoms with van der Waals surface area (Å²) in [5.74, 6) is 2.97. The highest BCUT2D eigenvalue weighted by Crippen LogP contribution is 2.28. The van der Waals surface area contributed by atoms with Crippen molar-refractivity contribution < 1.29 is 14.3 Å². The van der Waals surface area contributed by atoms with Crippen molar-refractivity contribution in [1.82, 2.24) is 0 Å². The summed E-state index contributed by atoms with van der Waals surface area (Å²) in [5.41, 5.74) is 3.32. The summed E-state index contributed by atoms with van der Waals surface area (Å²) in [6, 6.07) is 19.4. The maximum atomic E-state index is 12.7. The predicted molar refractivity (Wildman–Crippen MR) is 98.5 cm³/mol. The Bertz CT molecular complexity index is 1090. The predicted octanol–water partition coefficient (Wildman–Crippen LogP) is 4.02. The molecule has 1 aliphatic carbocycles. The molecule has 0 aliphatic heterocycles. The summed E-state index contributed by atoms with van der Waals surface area (Å²) in [5, 5.41) is 0. The molecule has 1 aliphatic rings. The zero-order chi connectivity index (χ0) is 18.1. The van der Waals surface area contributed by atoms with Crippen molar-refractivity contribution in [3.63, 3.8) is 0 Å². The SMILES string of the molecule is C#Cc1cccc(OCc2ccc3c(c2)C(=O)c2ccccc2C3=O)c1. The molecule has 0 spiro atoms. The van der Waals surface area contributed by atoms with Gasteiger partial charge in [-0.3, -0.25) is 9.59 Å². The van der Waals surface area contributed by atoms with Crippen LogP contribution >= 0.6 is 0 Å². The van der Waals surface area contributed by atoms with Gasteiger partial charge in [0.2, 0.25) is 0 Å². The third-order valence-corrected chi connectivity index (χ3v) is 4.40. The fourth-order valence-electron chi connectivity index (χ4n) is 3.08. The van der Waals surface area contributed by atoms with Gasteiger partial charge in [0.05, 0.1) is 0 Å². The van der Waals surface area contributed by atoms with Gasteiger partial charge < -0.3 is 4.74 Å². The van der Waals surface area contributed by atoms with E-state index < -0.39 is 0 Å². The monoisotopic (exact) mass is 338 g/mol. The molecule has 0 unspecified atom stereocenters. The van der Waals surface area contributed by atoms with E-state index in [0.29, 0.717) is 28.0 Å². The number of hydrogen-bond donors (Lipinski definition) is 0. The van der Waals surface area contributed by atoms with E-state index in [-0.39, 0.29) is 18.2 Å². The van der Waals surface area contributed by atoms with Crippen LogP contribution in [0, 0.1) is 12.3 Å². The topological polar surface area (TPSA) is 43.4 Å². The minimum absolute atomic E-state index is 0.121. The average Bonchev–Trinajstić information content (AvgIpc) is 2.70. The molecule has 0 saturated carbocycles. The zero-order valence-electron chi connectivity index (χ0n) is 13.9. The lowest BCUT2D eigenvalue weighted by Crippen LogP contribution is -2.21. The standard InChI is InChI=1S/C23H14O3/c1-2-15-6-5-7-17(12-15)26-14-16-10-11-20-21(13-16)23(25)19-9-4-3-8-18(19)22(20)24/h1,3-13H,14H2. The number of ketones is 2. The van der Waals surface area contributed by atoms with E-state index >= 15 is 0 Å². The van der Waals surface area contributed by atoms with E-state index in [1.54, 1.807) is 42.5 Å². The number of fused-ring (bicyclic) bond motifs is 2. The van der Waals surface area contributed by atoms with E-state index in [2.05, 4.69) is 5.92 Å².